The van der Waals surface area contributed by atoms with Gasteiger partial charge in [0.15, 0.2) is 5.65 Å². The third-order valence-corrected chi connectivity index (χ3v) is 4.98. The molecule has 0 atom stereocenters. The molecular weight excluding hydrogens is 358 g/mol. The van der Waals surface area contributed by atoms with Gasteiger partial charge in [-0.25, -0.2) is 15.0 Å². The summed E-state index contributed by atoms with van der Waals surface area (Å²) in [7, 11) is 0. The van der Waals surface area contributed by atoms with Crippen LogP contribution in [0.4, 0.5) is 5.82 Å². The summed E-state index contributed by atoms with van der Waals surface area (Å²) < 4.78 is 1.57. The van der Waals surface area contributed by atoms with Gasteiger partial charge in [0.1, 0.15) is 22.9 Å². The van der Waals surface area contributed by atoms with Crippen LogP contribution in [0.25, 0.3) is 28.1 Å². The fraction of sp³-hybridized carbons (Fsp3) is 0.100. The molecule has 134 valence electrons. The van der Waals surface area contributed by atoms with Crippen LogP contribution in [0.1, 0.15) is 5.82 Å². The van der Waals surface area contributed by atoms with E-state index in [1.807, 2.05) is 60.9 Å². The number of nitrogens with two attached hydrogens (primary N) is 1. The molecule has 0 spiro atoms. The largest absolute Gasteiger partial charge is 0.383 e. The maximum atomic E-state index is 13.4. The van der Waals surface area contributed by atoms with Crippen LogP contribution in [0.3, 0.4) is 0 Å². The fourth-order valence-corrected chi connectivity index (χ4v) is 3.38. The highest BCUT2D eigenvalue weighted by molar-refractivity contribution is 7.98. The first kappa shape index (κ1) is 17.2. The second-order valence-corrected chi connectivity index (χ2v) is 6.87. The van der Waals surface area contributed by atoms with Crippen molar-refractivity contribution in [3.05, 3.63) is 70.8 Å². The number of aryl methyl sites for hydroxylation is 1. The zero-order valence-electron chi connectivity index (χ0n) is 14.9. The molecule has 4 aromatic rings. The molecule has 0 aliphatic rings. The van der Waals surface area contributed by atoms with Crippen molar-refractivity contribution in [3.8, 4) is 17.1 Å². The van der Waals surface area contributed by atoms with Gasteiger partial charge in [0, 0.05) is 10.5 Å². The Labute approximate surface area is 160 Å². The topological polar surface area (TPSA) is 86.7 Å². The van der Waals surface area contributed by atoms with E-state index in [0.29, 0.717) is 23.0 Å². The molecule has 7 heteroatoms. The first-order chi connectivity index (χ1) is 13.1. The molecule has 0 aliphatic carbocycles. The minimum atomic E-state index is -0.284. The second-order valence-electron chi connectivity index (χ2n) is 5.99. The summed E-state index contributed by atoms with van der Waals surface area (Å²) in [5, 5.41) is 0.231. The number of fused-ring (bicyclic) bond motifs is 1. The number of benzene rings is 2. The summed E-state index contributed by atoms with van der Waals surface area (Å²) in [5.41, 5.74) is 7.59. The highest BCUT2D eigenvalue weighted by Crippen LogP contribution is 2.24. The number of nitrogens with zero attached hydrogens (tertiary/aromatic N) is 4. The quantitative estimate of drug-likeness (QED) is 0.552. The second kappa shape index (κ2) is 6.85. The predicted molar refractivity (Wildman–Crippen MR) is 109 cm³/mol. The van der Waals surface area contributed by atoms with Crippen molar-refractivity contribution in [1.29, 1.82) is 0 Å². The van der Waals surface area contributed by atoms with E-state index in [9.17, 15) is 4.79 Å². The highest BCUT2D eigenvalue weighted by Gasteiger charge is 2.18. The van der Waals surface area contributed by atoms with Gasteiger partial charge in [0.2, 0.25) is 0 Å². The van der Waals surface area contributed by atoms with Crippen LogP contribution in [0, 0.1) is 6.92 Å². The standard InChI is InChI=1S/C20H17N5OS/c1-12-22-17(21)16-18(23-12)24-19(13-6-4-3-5-7-13)25(20(16)26)14-8-10-15(27-2)11-9-14/h3-11H,1-2H3,(H2,21,22,23). The third-order valence-electron chi connectivity index (χ3n) is 4.23. The summed E-state index contributed by atoms with van der Waals surface area (Å²) >= 11 is 1.64. The van der Waals surface area contributed by atoms with Gasteiger partial charge in [-0.2, -0.15) is 0 Å². The van der Waals surface area contributed by atoms with E-state index in [2.05, 4.69) is 15.0 Å². The molecule has 6 nitrogen and oxygen atoms in total. The lowest BCUT2D eigenvalue weighted by Gasteiger charge is -2.14. The monoisotopic (exact) mass is 375 g/mol. The maximum absolute atomic E-state index is 13.4. The molecule has 2 heterocycles. The van der Waals surface area contributed by atoms with Gasteiger partial charge in [-0.1, -0.05) is 30.3 Å². The summed E-state index contributed by atoms with van der Waals surface area (Å²) in [6.07, 6.45) is 2.01. The van der Waals surface area contributed by atoms with Crippen molar-refractivity contribution in [1.82, 2.24) is 19.5 Å². The lowest BCUT2D eigenvalue weighted by atomic mass is 10.2. The van der Waals surface area contributed by atoms with Crippen LogP contribution in [0.5, 0.6) is 0 Å². The van der Waals surface area contributed by atoms with Gasteiger partial charge < -0.3 is 5.73 Å². The maximum Gasteiger partial charge on any atom is 0.271 e. The van der Waals surface area contributed by atoms with Crippen LogP contribution < -0.4 is 11.3 Å². The molecule has 0 bridgehead atoms. The lowest BCUT2D eigenvalue weighted by Crippen LogP contribution is -2.24. The Morgan fingerprint density at radius 3 is 2.33 bits per heavy atom. The lowest BCUT2D eigenvalue weighted by molar-refractivity contribution is 0.955. The average molecular weight is 375 g/mol. The summed E-state index contributed by atoms with van der Waals surface area (Å²) in [4.78, 5) is 27.6. The van der Waals surface area contributed by atoms with Crippen molar-refractivity contribution in [2.45, 2.75) is 11.8 Å². The predicted octanol–water partition coefficient (Wildman–Crippen LogP) is 3.46. The van der Waals surface area contributed by atoms with Gasteiger partial charge in [0.25, 0.3) is 5.56 Å². The van der Waals surface area contributed by atoms with E-state index in [4.69, 9.17) is 5.73 Å². The Kier molecular flexibility index (Phi) is 4.37. The van der Waals surface area contributed by atoms with Crippen molar-refractivity contribution in [2.75, 3.05) is 12.0 Å². The number of hydrogen-bond acceptors (Lipinski definition) is 6. The van der Waals surface area contributed by atoms with E-state index in [1.54, 1.807) is 23.3 Å². The Bertz CT molecular complexity index is 1190. The van der Waals surface area contributed by atoms with E-state index in [-0.39, 0.29) is 16.8 Å². The number of nitrogen functional groups attached to an aromatic ring is 1. The van der Waals surface area contributed by atoms with Crippen LogP contribution in [-0.2, 0) is 0 Å². The van der Waals surface area contributed by atoms with Crippen LogP contribution >= 0.6 is 11.8 Å². The van der Waals surface area contributed by atoms with Gasteiger partial charge in [0.05, 0.1) is 5.69 Å². The van der Waals surface area contributed by atoms with Gasteiger partial charge in [-0.15, -0.1) is 11.8 Å². The molecule has 0 saturated heterocycles. The molecule has 0 fully saturated rings. The molecule has 0 aliphatic heterocycles. The Hall–Kier alpha value is -3.19. The van der Waals surface area contributed by atoms with E-state index in [0.717, 1.165) is 10.5 Å². The zero-order valence-corrected chi connectivity index (χ0v) is 15.7. The first-order valence-corrected chi connectivity index (χ1v) is 9.57. The van der Waals surface area contributed by atoms with Crippen LogP contribution in [-0.4, -0.2) is 25.8 Å². The van der Waals surface area contributed by atoms with Gasteiger partial charge in [-0.05, 0) is 37.4 Å². The molecule has 2 aromatic carbocycles. The summed E-state index contributed by atoms with van der Waals surface area (Å²) in [6, 6.07) is 17.3. The SMILES string of the molecule is CSc1ccc(-n2c(-c3ccccc3)nc3nc(C)nc(N)c3c2=O)cc1. The summed E-state index contributed by atoms with van der Waals surface area (Å²) in [6.45, 7) is 1.73. The number of thioether (sulfide) groups is 1. The Morgan fingerprint density at radius 2 is 1.67 bits per heavy atom. The molecule has 0 amide bonds. The minimum Gasteiger partial charge on any atom is -0.383 e. The molecule has 4 rings (SSSR count). The van der Waals surface area contributed by atoms with E-state index in [1.165, 1.54) is 0 Å². The normalized spacial score (nSPS) is 11.0. The van der Waals surface area contributed by atoms with E-state index >= 15 is 0 Å². The fourth-order valence-electron chi connectivity index (χ4n) is 2.98. The van der Waals surface area contributed by atoms with Gasteiger partial charge >= 0.3 is 0 Å². The molecule has 27 heavy (non-hydrogen) atoms. The minimum absolute atomic E-state index is 0.143. The molecule has 2 aromatic heterocycles. The Balaban J connectivity index is 2.11. The van der Waals surface area contributed by atoms with Crippen molar-refractivity contribution < 1.29 is 0 Å². The first-order valence-electron chi connectivity index (χ1n) is 8.35. The van der Waals surface area contributed by atoms with Crippen LogP contribution in [0.15, 0.2) is 64.3 Å². The molecular formula is C20H17N5OS. The zero-order chi connectivity index (χ0) is 19.0. The number of rotatable bonds is 3. The third kappa shape index (κ3) is 3.06. The Morgan fingerprint density at radius 1 is 0.963 bits per heavy atom. The van der Waals surface area contributed by atoms with Crippen molar-refractivity contribution >= 4 is 28.6 Å². The molecule has 0 saturated carbocycles. The number of hydrogen-bond donors (Lipinski definition) is 1. The molecule has 0 radical (unpaired) electrons. The number of anilines is 1. The molecule has 0 unspecified atom stereocenters. The van der Waals surface area contributed by atoms with E-state index < -0.39 is 0 Å². The van der Waals surface area contributed by atoms with Gasteiger partial charge in [-0.3, -0.25) is 9.36 Å². The highest BCUT2D eigenvalue weighted by atomic mass is 32.2. The average Bonchev–Trinajstić information content (AvgIpc) is 2.68. The van der Waals surface area contributed by atoms with Crippen LogP contribution in [0.2, 0.25) is 0 Å². The smallest absolute Gasteiger partial charge is 0.271 e. The number of aromatic nitrogens is 4. The summed E-state index contributed by atoms with van der Waals surface area (Å²) in [5.74, 6) is 1.14. The molecule has 2 N–H and O–H groups in total. The van der Waals surface area contributed by atoms with Crippen molar-refractivity contribution in [3.63, 3.8) is 0 Å². The van der Waals surface area contributed by atoms with Crippen molar-refractivity contribution in [2.24, 2.45) is 0 Å².